The summed E-state index contributed by atoms with van der Waals surface area (Å²) in [5.41, 5.74) is 8.19. The van der Waals surface area contributed by atoms with E-state index in [-0.39, 0.29) is 11.1 Å². The van der Waals surface area contributed by atoms with Crippen LogP contribution in [0.3, 0.4) is 0 Å². The molecule has 1 fully saturated rings. The van der Waals surface area contributed by atoms with Crippen LogP contribution in [0.25, 0.3) is 11.3 Å². The maximum absolute atomic E-state index is 5.94. The molecular weight excluding hydrogens is 408 g/mol. The molecule has 0 amide bonds. The van der Waals surface area contributed by atoms with E-state index in [1.54, 1.807) is 0 Å². The third-order valence-electron chi connectivity index (χ3n) is 7.07. The van der Waals surface area contributed by atoms with Crippen molar-refractivity contribution in [2.24, 2.45) is 5.73 Å². The molecule has 1 aliphatic heterocycles. The van der Waals surface area contributed by atoms with Crippen LogP contribution >= 0.6 is 0 Å². The summed E-state index contributed by atoms with van der Waals surface area (Å²) in [5, 5.41) is 7.72. The first-order valence-corrected chi connectivity index (χ1v) is 12.3. The van der Waals surface area contributed by atoms with Crippen molar-refractivity contribution in [2.75, 3.05) is 5.32 Å². The Hall–Kier alpha value is -2.49. The highest BCUT2D eigenvalue weighted by atomic mass is 15.2. The number of pyridine rings is 1. The lowest BCUT2D eigenvalue weighted by Gasteiger charge is -2.52. The number of piperidine rings is 1. The SMILES string of the molecule is CCC1(CC)CC(Nc2nccc(-c3ccc(C#CC(C)(C)N)nc3)n2)CC(CC)(CC)N1. The second-order valence-electron chi connectivity index (χ2n) is 10.0. The van der Waals surface area contributed by atoms with Crippen LogP contribution in [0, 0.1) is 11.8 Å². The molecule has 0 radical (unpaired) electrons. The number of hydrogen-bond donors (Lipinski definition) is 3. The molecule has 0 aliphatic carbocycles. The molecule has 0 bridgehead atoms. The van der Waals surface area contributed by atoms with Gasteiger partial charge in [0.15, 0.2) is 0 Å². The molecule has 0 aromatic carbocycles. The van der Waals surface area contributed by atoms with Gasteiger partial charge in [0, 0.05) is 35.1 Å². The van der Waals surface area contributed by atoms with Crippen molar-refractivity contribution in [2.45, 2.75) is 103 Å². The van der Waals surface area contributed by atoms with E-state index in [1.807, 2.05) is 44.4 Å². The first-order chi connectivity index (χ1) is 15.7. The highest BCUT2D eigenvalue weighted by molar-refractivity contribution is 5.59. The van der Waals surface area contributed by atoms with E-state index >= 15 is 0 Å². The Bertz CT molecular complexity index is 952. The molecule has 6 heteroatoms. The summed E-state index contributed by atoms with van der Waals surface area (Å²) < 4.78 is 0. The molecule has 1 saturated heterocycles. The molecule has 1 aliphatic rings. The van der Waals surface area contributed by atoms with E-state index in [0.29, 0.717) is 17.7 Å². The highest BCUT2D eigenvalue weighted by Crippen LogP contribution is 2.38. The van der Waals surface area contributed by atoms with Crippen molar-refractivity contribution < 1.29 is 0 Å². The van der Waals surface area contributed by atoms with Gasteiger partial charge in [0.1, 0.15) is 5.69 Å². The van der Waals surface area contributed by atoms with Gasteiger partial charge in [-0.1, -0.05) is 33.6 Å². The summed E-state index contributed by atoms with van der Waals surface area (Å²) in [6.45, 7) is 12.9. The van der Waals surface area contributed by atoms with Gasteiger partial charge in [0.25, 0.3) is 0 Å². The normalized spacial score (nSPS) is 17.8. The summed E-state index contributed by atoms with van der Waals surface area (Å²) in [7, 11) is 0. The van der Waals surface area contributed by atoms with E-state index in [4.69, 9.17) is 10.7 Å². The number of nitrogens with zero attached hydrogens (tertiary/aromatic N) is 3. The lowest BCUT2D eigenvalue weighted by atomic mass is 9.71. The van der Waals surface area contributed by atoms with E-state index in [9.17, 15) is 0 Å². The zero-order valence-electron chi connectivity index (χ0n) is 21.1. The molecule has 2 aromatic heterocycles. The Morgan fingerprint density at radius 2 is 1.67 bits per heavy atom. The Morgan fingerprint density at radius 1 is 1.03 bits per heavy atom. The summed E-state index contributed by atoms with van der Waals surface area (Å²) in [4.78, 5) is 13.8. The third-order valence-corrected chi connectivity index (χ3v) is 7.07. The lowest BCUT2D eigenvalue weighted by Crippen LogP contribution is -2.64. The molecule has 3 rings (SSSR count). The van der Waals surface area contributed by atoms with Crippen LogP contribution in [0.1, 0.15) is 85.8 Å². The van der Waals surface area contributed by atoms with E-state index in [1.165, 1.54) is 0 Å². The lowest BCUT2D eigenvalue weighted by molar-refractivity contribution is 0.101. The average molecular weight is 449 g/mol. The smallest absolute Gasteiger partial charge is 0.223 e. The van der Waals surface area contributed by atoms with Gasteiger partial charge in [-0.05, 0) is 76.5 Å². The summed E-state index contributed by atoms with van der Waals surface area (Å²) in [6.07, 6.45) is 10.2. The first-order valence-electron chi connectivity index (χ1n) is 12.3. The van der Waals surface area contributed by atoms with Crippen molar-refractivity contribution in [3.05, 3.63) is 36.3 Å². The van der Waals surface area contributed by atoms with Crippen molar-refractivity contribution in [1.29, 1.82) is 0 Å². The maximum Gasteiger partial charge on any atom is 0.223 e. The van der Waals surface area contributed by atoms with Gasteiger partial charge in [-0.2, -0.15) is 0 Å². The largest absolute Gasteiger partial charge is 0.351 e. The quantitative estimate of drug-likeness (QED) is 0.522. The Balaban J connectivity index is 1.80. The minimum atomic E-state index is -0.539. The maximum atomic E-state index is 5.94. The van der Waals surface area contributed by atoms with Gasteiger partial charge in [-0.25, -0.2) is 15.0 Å². The zero-order chi connectivity index (χ0) is 24.1. The number of rotatable bonds is 7. The fourth-order valence-electron chi connectivity index (χ4n) is 4.83. The zero-order valence-corrected chi connectivity index (χ0v) is 21.1. The van der Waals surface area contributed by atoms with Crippen LogP contribution in [0.15, 0.2) is 30.6 Å². The molecule has 178 valence electrons. The Morgan fingerprint density at radius 3 is 2.18 bits per heavy atom. The van der Waals surface area contributed by atoms with Gasteiger partial charge < -0.3 is 16.4 Å². The monoisotopic (exact) mass is 448 g/mol. The second-order valence-corrected chi connectivity index (χ2v) is 10.0. The number of aromatic nitrogens is 3. The molecular formula is C27H40N6. The van der Waals surface area contributed by atoms with Gasteiger partial charge in [-0.15, -0.1) is 0 Å². The fourth-order valence-corrected chi connectivity index (χ4v) is 4.83. The van der Waals surface area contributed by atoms with Crippen LogP contribution in [0.5, 0.6) is 0 Å². The first kappa shape index (κ1) is 25.1. The minimum Gasteiger partial charge on any atom is -0.351 e. The van der Waals surface area contributed by atoms with E-state index in [0.717, 1.165) is 49.8 Å². The molecule has 2 aromatic rings. The van der Waals surface area contributed by atoms with Crippen molar-refractivity contribution in [3.8, 4) is 23.1 Å². The molecule has 0 unspecified atom stereocenters. The van der Waals surface area contributed by atoms with Gasteiger partial charge in [0.05, 0.1) is 11.2 Å². The van der Waals surface area contributed by atoms with Crippen molar-refractivity contribution in [1.82, 2.24) is 20.3 Å². The summed E-state index contributed by atoms with van der Waals surface area (Å²) in [5.74, 6) is 6.71. The number of nitrogens with one attached hydrogen (secondary N) is 2. The fraction of sp³-hybridized carbons (Fsp3) is 0.593. The van der Waals surface area contributed by atoms with Gasteiger partial charge in [0.2, 0.25) is 5.95 Å². The second kappa shape index (κ2) is 10.2. The van der Waals surface area contributed by atoms with Crippen LogP contribution in [0.4, 0.5) is 5.95 Å². The Kier molecular flexibility index (Phi) is 7.76. The summed E-state index contributed by atoms with van der Waals surface area (Å²) in [6, 6.07) is 6.15. The average Bonchev–Trinajstić information content (AvgIpc) is 2.82. The van der Waals surface area contributed by atoms with E-state index in [2.05, 4.69) is 60.1 Å². The topological polar surface area (TPSA) is 88.8 Å². The summed E-state index contributed by atoms with van der Waals surface area (Å²) >= 11 is 0. The molecule has 6 nitrogen and oxygen atoms in total. The van der Waals surface area contributed by atoms with Crippen LogP contribution in [-0.2, 0) is 0 Å². The van der Waals surface area contributed by atoms with E-state index < -0.39 is 5.54 Å². The van der Waals surface area contributed by atoms with Gasteiger partial charge >= 0.3 is 0 Å². The molecule has 0 saturated carbocycles. The van der Waals surface area contributed by atoms with Gasteiger partial charge in [-0.3, -0.25) is 0 Å². The number of hydrogen-bond acceptors (Lipinski definition) is 6. The molecule has 3 heterocycles. The highest BCUT2D eigenvalue weighted by Gasteiger charge is 2.44. The van der Waals surface area contributed by atoms with Crippen molar-refractivity contribution >= 4 is 5.95 Å². The number of anilines is 1. The van der Waals surface area contributed by atoms with Crippen LogP contribution in [0.2, 0.25) is 0 Å². The van der Waals surface area contributed by atoms with Crippen LogP contribution in [-0.4, -0.2) is 37.6 Å². The van der Waals surface area contributed by atoms with Crippen molar-refractivity contribution in [3.63, 3.8) is 0 Å². The molecule has 0 spiro atoms. The predicted octanol–water partition coefficient (Wildman–Crippen LogP) is 4.91. The molecule has 0 atom stereocenters. The minimum absolute atomic E-state index is 0.151. The standard InChI is InChI=1S/C27H40N6/c1-7-26(8-2)17-22(18-27(9-3,10-4)33-26)31-24-29-16-14-23(32-24)20-11-12-21(30-19-20)13-15-25(5,6)28/h11-12,14,16,19,22,33H,7-10,17-18,28H2,1-6H3,(H,29,31,32). The predicted molar refractivity (Wildman–Crippen MR) is 137 cm³/mol. The molecule has 4 N–H and O–H groups in total. The number of nitrogens with two attached hydrogens (primary N) is 1. The molecule has 33 heavy (non-hydrogen) atoms. The van der Waals surface area contributed by atoms with Crippen LogP contribution < -0.4 is 16.4 Å². The third kappa shape index (κ3) is 6.31. The Labute approximate surface area is 199 Å².